The maximum absolute atomic E-state index is 5.62. The van der Waals surface area contributed by atoms with Crippen molar-refractivity contribution in [1.82, 2.24) is 5.32 Å². The molecule has 0 aromatic heterocycles. The van der Waals surface area contributed by atoms with Crippen LogP contribution in [0.4, 0.5) is 0 Å². The molecule has 0 saturated heterocycles. The summed E-state index contributed by atoms with van der Waals surface area (Å²) in [7, 11) is 0. The Morgan fingerprint density at radius 2 is 2.05 bits per heavy atom. The van der Waals surface area contributed by atoms with Crippen LogP contribution in [0.3, 0.4) is 0 Å². The van der Waals surface area contributed by atoms with Gasteiger partial charge in [-0.05, 0) is 56.0 Å². The molecule has 1 aliphatic heterocycles. The zero-order valence-corrected chi connectivity index (χ0v) is 11.4. The van der Waals surface area contributed by atoms with E-state index in [0.717, 1.165) is 30.5 Å². The first-order valence-electron chi connectivity index (χ1n) is 7.13. The van der Waals surface area contributed by atoms with Gasteiger partial charge in [0, 0.05) is 6.04 Å². The highest BCUT2D eigenvalue weighted by molar-refractivity contribution is 5.66. The van der Waals surface area contributed by atoms with E-state index in [0.29, 0.717) is 13.2 Å². The van der Waals surface area contributed by atoms with Gasteiger partial charge < -0.3 is 14.8 Å². The van der Waals surface area contributed by atoms with Gasteiger partial charge in [0.2, 0.25) is 0 Å². The van der Waals surface area contributed by atoms with Crippen molar-refractivity contribution in [1.29, 1.82) is 0 Å². The molecule has 102 valence electrons. The van der Waals surface area contributed by atoms with E-state index < -0.39 is 0 Å². The van der Waals surface area contributed by atoms with Gasteiger partial charge in [-0.3, -0.25) is 0 Å². The molecule has 2 aliphatic rings. The number of fused-ring (bicyclic) bond motifs is 1. The van der Waals surface area contributed by atoms with Crippen LogP contribution in [-0.4, -0.2) is 25.8 Å². The number of hydrogen-bond acceptors (Lipinski definition) is 3. The van der Waals surface area contributed by atoms with Gasteiger partial charge in [-0.2, -0.15) is 0 Å². The molecule has 0 spiro atoms. The van der Waals surface area contributed by atoms with Crippen LogP contribution in [0.5, 0.6) is 11.5 Å². The van der Waals surface area contributed by atoms with E-state index in [4.69, 9.17) is 9.47 Å². The van der Waals surface area contributed by atoms with Crippen molar-refractivity contribution >= 4 is 5.57 Å². The lowest BCUT2D eigenvalue weighted by Crippen LogP contribution is -2.16. The molecule has 3 heteroatoms. The summed E-state index contributed by atoms with van der Waals surface area (Å²) in [6.07, 6.45) is 6.08. The first-order valence-corrected chi connectivity index (χ1v) is 7.13. The lowest BCUT2D eigenvalue weighted by molar-refractivity contribution is 0.171. The van der Waals surface area contributed by atoms with Crippen molar-refractivity contribution in [3.8, 4) is 11.5 Å². The Bertz CT molecular complexity index is 478. The van der Waals surface area contributed by atoms with Crippen LogP contribution in [-0.2, 0) is 0 Å². The third-order valence-electron chi connectivity index (χ3n) is 3.60. The van der Waals surface area contributed by atoms with E-state index in [9.17, 15) is 0 Å². The number of rotatable bonds is 5. The summed E-state index contributed by atoms with van der Waals surface area (Å²) in [5.41, 5.74) is 2.52. The smallest absolute Gasteiger partial charge is 0.161 e. The van der Waals surface area contributed by atoms with Crippen LogP contribution in [0, 0.1) is 0 Å². The first-order chi connectivity index (χ1) is 9.33. The van der Waals surface area contributed by atoms with Gasteiger partial charge in [-0.15, -0.1) is 0 Å². The Labute approximate surface area is 114 Å². The predicted molar refractivity (Wildman–Crippen MR) is 76.7 cm³/mol. The van der Waals surface area contributed by atoms with E-state index in [1.807, 2.05) is 6.07 Å². The molecular weight excluding hydrogens is 238 g/mol. The minimum Gasteiger partial charge on any atom is -0.486 e. The van der Waals surface area contributed by atoms with Gasteiger partial charge >= 0.3 is 0 Å². The second-order valence-electron chi connectivity index (χ2n) is 5.26. The van der Waals surface area contributed by atoms with Crippen LogP contribution in [0.2, 0.25) is 0 Å². The molecule has 1 aromatic rings. The fraction of sp³-hybridized carbons (Fsp3) is 0.500. The van der Waals surface area contributed by atoms with Crippen LogP contribution in [0.15, 0.2) is 24.3 Å². The van der Waals surface area contributed by atoms with E-state index in [-0.39, 0.29) is 0 Å². The Balaban J connectivity index is 1.61. The molecule has 1 aromatic carbocycles. The lowest BCUT2D eigenvalue weighted by atomic mass is 10.1. The van der Waals surface area contributed by atoms with Crippen molar-refractivity contribution < 1.29 is 9.47 Å². The van der Waals surface area contributed by atoms with Crippen molar-refractivity contribution in [2.75, 3.05) is 19.8 Å². The second kappa shape index (κ2) is 5.66. The SMILES string of the molecule is CC(=CCCNC1CC1)c1ccc2c(c1)OCCO2. The monoisotopic (exact) mass is 259 g/mol. The number of ether oxygens (including phenoxy) is 2. The first kappa shape index (κ1) is 12.5. The van der Waals surface area contributed by atoms with E-state index >= 15 is 0 Å². The van der Waals surface area contributed by atoms with E-state index in [2.05, 4.69) is 30.4 Å². The highest BCUT2D eigenvalue weighted by Crippen LogP contribution is 2.32. The van der Waals surface area contributed by atoms with E-state index in [1.165, 1.54) is 24.0 Å². The molecule has 1 aliphatic carbocycles. The summed E-state index contributed by atoms with van der Waals surface area (Å²) in [5, 5.41) is 3.52. The van der Waals surface area contributed by atoms with Gasteiger partial charge in [0.1, 0.15) is 13.2 Å². The van der Waals surface area contributed by atoms with Gasteiger partial charge in [-0.1, -0.05) is 12.1 Å². The third kappa shape index (κ3) is 3.29. The molecule has 0 atom stereocenters. The molecule has 3 nitrogen and oxygen atoms in total. The fourth-order valence-corrected chi connectivity index (χ4v) is 2.27. The summed E-state index contributed by atoms with van der Waals surface area (Å²) in [5.74, 6) is 1.73. The van der Waals surface area contributed by atoms with Crippen LogP contribution in [0.25, 0.3) is 5.57 Å². The van der Waals surface area contributed by atoms with Crippen LogP contribution >= 0.6 is 0 Å². The van der Waals surface area contributed by atoms with Crippen molar-refractivity contribution in [2.24, 2.45) is 0 Å². The number of hydrogen-bond donors (Lipinski definition) is 1. The molecule has 19 heavy (non-hydrogen) atoms. The molecular formula is C16H21NO2. The highest BCUT2D eigenvalue weighted by atomic mass is 16.6. The Hall–Kier alpha value is -1.48. The summed E-state index contributed by atoms with van der Waals surface area (Å²) >= 11 is 0. The normalized spacial score (nSPS) is 18.5. The lowest BCUT2D eigenvalue weighted by Gasteiger charge is -2.19. The van der Waals surface area contributed by atoms with Crippen LogP contribution < -0.4 is 14.8 Å². The van der Waals surface area contributed by atoms with Crippen LogP contribution in [0.1, 0.15) is 31.7 Å². The maximum atomic E-state index is 5.62. The fourth-order valence-electron chi connectivity index (χ4n) is 2.27. The molecule has 0 bridgehead atoms. The minimum atomic E-state index is 0.643. The average Bonchev–Trinajstić information content (AvgIpc) is 3.27. The van der Waals surface area contributed by atoms with E-state index in [1.54, 1.807) is 0 Å². The molecule has 1 N–H and O–H groups in total. The summed E-state index contributed by atoms with van der Waals surface area (Å²) in [6.45, 7) is 4.52. The standard InChI is InChI=1S/C16H21NO2/c1-12(3-2-8-17-14-5-6-14)13-4-7-15-16(11-13)19-10-9-18-15/h3-4,7,11,14,17H,2,5-6,8-10H2,1H3. The number of nitrogens with one attached hydrogen (secondary N) is 1. The Kier molecular flexibility index (Phi) is 3.74. The zero-order chi connectivity index (χ0) is 13.1. The summed E-state index contributed by atoms with van der Waals surface area (Å²) < 4.78 is 11.2. The molecule has 1 saturated carbocycles. The third-order valence-corrected chi connectivity index (χ3v) is 3.60. The summed E-state index contributed by atoms with van der Waals surface area (Å²) in [4.78, 5) is 0. The van der Waals surface area contributed by atoms with Gasteiger partial charge in [0.15, 0.2) is 11.5 Å². The molecule has 0 radical (unpaired) electrons. The molecule has 0 amide bonds. The molecule has 3 rings (SSSR count). The molecule has 0 unspecified atom stereocenters. The second-order valence-corrected chi connectivity index (χ2v) is 5.26. The quantitative estimate of drug-likeness (QED) is 0.825. The number of benzene rings is 1. The van der Waals surface area contributed by atoms with Crippen molar-refractivity contribution in [3.05, 3.63) is 29.8 Å². The zero-order valence-electron chi connectivity index (χ0n) is 11.4. The van der Waals surface area contributed by atoms with Gasteiger partial charge in [-0.25, -0.2) is 0 Å². The van der Waals surface area contributed by atoms with Crippen molar-refractivity contribution in [3.63, 3.8) is 0 Å². The highest BCUT2D eigenvalue weighted by Gasteiger charge is 2.19. The summed E-state index contributed by atoms with van der Waals surface area (Å²) in [6, 6.07) is 6.98. The Morgan fingerprint density at radius 1 is 1.26 bits per heavy atom. The number of allylic oxidation sites excluding steroid dienone is 1. The largest absolute Gasteiger partial charge is 0.486 e. The average molecular weight is 259 g/mol. The molecule has 1 fully saturated rings. The van der Waals surface area contributed by atoms with Gasteiger partial charge in [0.25, 0.3) is 0 Å². The molecule has 1 heterocycles. The van der Waals surface area contributed by atoms with Gasteiger partial charge in [0.05, 0.1) is 0 Å². The topological polar surface area (TPSA) is 30.5 Å². The Morgan fingerprint density at radius 3 is 2.84 bits per heavy atom. The van der Waals surface area contributed by atoms with Crippen molar-refractivity contribution in [2.45, 2.75) is 32.2 Å². The predicted octanol–water partition coefficient (Wildman–Crippen LogP) is 3.00. The maximum Gasteiger partial charge on any atom is 0.161 e. The minimum absolute atomic E-state index is 0.643.